The van der Waals surface area contributed by atoms with Gasteiger partial charge in [-0.15, -0.1) is 0 Å². The Hall–Kier alpha value is -0.870. The summed E-state index contributed by atoms with van der Waals surface area (Å²) in [4.78, 5) is 0. The minimum Gasteiger partial charge on any atom is -1.00 e. The molecule has 0 aliphatic carbocycles. The summed E-state index contributed by atoms with van der Waals surface area (Å²) in [5.41, 5.74) is 2.66. The summed E-state index contributed by atoms with van der Waals surface area (Å²) >= 11 is 0. The summed E-state index contributed by atoms with van der Waals surface area (Å²) in [6, 6.07) is 8.61. The Balaban J connectivity index is 0.00000200. The van der Waals surface area contributed by atoms with E-state index in [2.05, 4.69) is 46.7 Å². The van der Waals surface area contributed by atoms with Crippen molar-refractivity contribution in [1.29, 1.82) is 0 Å². The number of fused-ring (bicyclic) bond motifs is 1. The molecule has 0 aliphatic heterocycles. The molecule has 1 aromatic heterocycles. The monoisotopic (exact) mass is 340 g/mol. The van der Waals surface area contributed by atoms with E-state index < -0.39 is 0 Å². The normalized spacial score (nSPS) is 10.7. The quantitative estimate of drug-likeness (QED) is 0.527. The largest absolute Gasteiger partial charge is 1.00 e. The Bertz CT molecular complexity index is 510. The maximum atomic E-state index is 8.74. The van der Waals surface area contributed by atoms with Crippen molar-refractivity contribution in [2.45, 2.75) is 52.1 Å². The lowest BCUT2D eigenvalue weighted by Crippen LogP contribution is -3.00. The Morgan fingerprint density at radius 2 is 1.75 bits per heavy atom. The lowest BCUT2D eigenvalue weighted by molar-refractivity contribution is -0.672. The predicted molar refractivity (Wildman–Crippen MR) is 78.0 cm³/mol. The van der Waals surface area contributed by atoms with Gasteiger partial charge in [-0.05, 0) is 38.3 Å². The van der Waals surface area contributed by atoms with Crippen molar-refractivity contribution in [3.8, 4) is 0 Å². The van der Waals surface area contributed by atoms with E-state index in [-0.39, 0.29) is 17.0 Å². The van der Waals surface area contributed by atoms with Crippen molar-refractivity contribution in [3.05, 3.63) is 30.6 Å². The van der Waals surface area contributed by atoms with Gasteiger partial charge in [-0.1, -0.05) is 25.0 Å². The number of hydrogen-bond acceptors (Lipinski definition) is 1. The van der Waals surface area contributed by atoms with Crippen molar-refractivity contribution >= 4 is 11.0 Å². The highest BCUT2D eigenvalue weighted by Gasteiger charge is 2.12. The van der Waals surface area contributed by atoms with Gasteiger partial charge in [0.05, 0.1) is 13.1 Å². The number of aliphatic hydroxyl groups excluding tert-OH is 1. The second-order valence-electron chi connectivity index (χ2n) is 5.07. The summed E-state index contributed by atoms with van der Waals surface area (Å²) in [5, 5.41) is 8.74. The first-order chi connectivity index (χ1) is 9.36. The molecule has 0 saturated heterocycles. The zero-order chi connectivity index (χ0) is 13.5. The van der Waals surface area contributed by atoms with Gasteiger partial charge >= 0.3 is 0 Å². The minimum atomic E-state index is 0. The molecule has 2 aromatic rings. The molecule has 0 fully saturated rings. The van der Waals surface area contributed by atoms with E-state index >= 15 is 0 Å². The third-order valence-corrected chi connectivity index (χ3v) is 3.68. The first kappa shape index (κ1) is 17.2. The maximum Gasteiger partial charge on any atom is 0.244 e. The number of nitrogens with zero attached hydrogens (tertiary/aromatic N) is 2. The van der Waals surface area contributed by atoms with Crippen molar-refractivity contribution in [3.63, 3.8) is 0 Å². The van der Waals surface area contributed by atoms with Crippen LogP contribution in [-0.4, -0.2) is 16.3 Å². The fourth-order valence-corrected chi connectivity index (χ4v) is 2.60. The van der Waals surface area contributed by atoms with Crippen LogP contribution in [0.2, 0.25) is 0 Å². The van der Waals surface area contributed by atoms with Gasteiger partial charge in [0.25, 0.3) is 0 Å². The lowest BCUT2D eigenvalue weighted by atomic mass is 10.1. The van der Waals surface area contributed by atoms with Gasteiger partial charge in [0, 0.05) is 6.61 Å². The molecule has 20 heavy (non-hydrogen) atoms. The number of halogens is 1. The molecule has 1 aromatic carbocycles. The number of hydrogen-bond donors (Lipinski definition) is 1. The van der Waals surface area contributed by atoms with E-state index in [1.807, 2.05) is 0 Å². The molecule has 0 aliphatic rings. The smallest absolute Gasteiger partial charge is 0.244 e. The molecule has 0 saturated carbocycles. The third kappa shape index (κ3) is 4.32. The molecule has 112 valence electrons. The Morgan fingerprint density at radius 1 is 1.05 bits per heavy atom. The average Bonchev–Trinajstić information content (AvgIpc) is 2.81. The molecule has 2 rings (SSSR count). The standard InChI is InChI=1S/C16H25N2O.BrH/c1-2-17-14-18(12-8-4-3-5-9-13-19)16-11-7-6-10-15(16)17;/h6-7,10-11,14,19H,2-5,8-9,12-13H2,1H3;1H/q+1;/p-1. The SMILES string of the molecule is CCn1c[n+](CCCCCCCO)c2ccccc21.[Br-]. The highest BCUT2D eigenvalue weighted by molar-refractivity contribution is 5.71. The van der Waals surface area contributed by atoms with Crippen molar-refractivity contribution in [1.82, 2.24) is 4.57 Å². The van der Waals surface area contributed by atoms with Crippen LogP contribution in [0.5, 0.6) is 0 Å². The number of para-hydroxylation sites is 2. The molecule has 4 heteroatoms. The Kier molecular flexibility index (Phi) is 7.85. The van der Waals surface area contributed by atoms with Crippen LogP contribution in [0, 0.1) is 0 Å². The number of rotatable bonds is 8. The Labute approximate surface area is 132 Å². The Morgan fingerprint density at radius 3 is 2.50 bits per heavy atom. The average molecular weight is 341 g/mol. The zero-order valence-electron chi connectivity index (χ0n) is 12.3. The van der Waals surface area contributed by atoms with Crippen LogP contribution in [0.15, 0.2) is 30.6 Å². The molecular weight excluding hydrogens is 316 g/mol. The molecule has 0 spiro atoms. The van der Waals surface area contributed by atoms with E-state index in [9.17, 15) is 0 Å². The fourth-order valence-electron chi connectivity index (χ4n) is 2.60. The summed E-state index contributed by atoms with van der Waals surface area (Å²) in [6.45, 7) is 4.63. The van der Waals surface area contributed by atoms with E-state index in [0.29, 0.717) is 6.61 Å². The number of aliphatic hydroxyl groups is 1. The van der Waals surface area contributed by atoms with Gasteiger partial charge in [-0.2, -0.15) is 0 Å². The van der Waals surface area contributed by atoms with Crippen LogP contribution in [0.3, 0.4) is 0 Å². The molecule has 3 nitrogen and oxygen atoms in total. The van der Waals surface area contributed by atoms with Crippen LogP contribution in [0.4, 0.5) is 0 Å². The van der Waals surface area contributed by atoms with E-state index in [0.717, 1.165) is 25.9 Å². The van der Waals surface area contributed by atoms with Crippen LogP contribution in [-0.2, 0) is 13.1 Å². The summed E-state index contributed by atoms with van der Waals surface area (Å²) < 4.78 is 4.67. The summed E-state index contributed by atoms with van der Waals surface area (Å²) in [6.07, 6.45) is 8.03. The number of imidazole rings is 1. The topological polar surface area (TPSA) is 29.0 Å². The highest BCUT2D eigenvalue weighted by Crippen LogP contribution is 2.11. The van der Waals surface area contributed by atoms with Gasteiger partial charge < -0.3 is 22.1 Å². The van der Waals surface area contributed by atoms with Crippen LogP contribution in [0.25, 0.3) is 11.0 Å². The molecule has 0 radical (unpaired) electrons. The number of benzene rings is 1. The molecule has 0 amide bonds. The molecule has 1 heterocycles. The minimum absolute atomic E-state index is 0. The first-order valence-corrected chi connectivity index (χ1v) is 7.45. The van der Waals surface area contributed by atoms with Gasteiger partial charge in [0.2, 0.25) is 6.33 Å². The van der Waals surface area contributed by atoms with E-state index in [1.54, 1.807) is 0 Å². The van der Waals surface area contributed by atoms with Gasteiger partial charge in [0.1, 0.15) is 0 Å². The lowest BCUT2D eigenvalue weighted by Gasteiger charge is -1.99. The van der Waals surface area contributed by atoms with E-state index in [4.69, 9.17) is 5.11 Å². The van der Waals surface area contributed by atoms with E-state index in [1.165, 1.54) is 30.3 Å². The van der Waals surface area contributed by atoms with Crippen molar-refractivity contribution < 1.29 is 26.7 Å². The molecular formula is C16H25BrN2O. The van der Waals surface area contributed by atoms with Gasteiger partial charge in [0.15, 0.2) is 11.0 Å². The molecule has 0 bridgehead atoms. The summed E-state index contributed by atoms with van der Waals surface area (Å²) in [5.74, 6) is 0. The van der Waals surface area contributed by atoms with Gasteiger partial charge in [-0.3, -0.25) is 0 Å². The second kappa shape index (κ2) is 9.14. The van der Waals surface area contributed by atoms with Crippen molar-refractivity contribution in [2.75, 3.05) is 6.61 Å². The van der Waals surface area contributed by atoms with Crippen molar-refractivity contribution in [2.24, 2.45) is 0 Å². The molecule has 1 N–H and O–H groups in total. The van der Waals surface area contributed by atoms with Gasteiger partial charge in [-0.25, -0.2) is 9.13 Å². The number of aromatic nitrogens is 2. The van der Waals surface area contributed by atoms with Crippen LogP contribution >= 0.6 is 0 Å². The third-order valence-electron chi connectivity index (χ3n) is 3.68. The highest BCUT2D eigenvalue weighted by atomic mass is 79.9. The predicted octanol–water partition coefficient (Wildman–Crippen LogP) is -0.104. The maximum absolute atomic E-state index is 8.74. The van der Waals surface area contributed by atoms with Crippen LogP contribution < -0.4 is 21.5 Å². The number of unbranched alkanes of at least 4 members (excludes halogenated alkanes) is 4. The molecule has 0 unspecified atom stereocenters. The number of aryl methyl sites for hydroxylation is 2. The second-order valence-corrected chi connectivity index (χ2v) is 5.07. The zero-order valence-corrected chi connectivity index (χ0v) is 13.8. The summed E-state index contributed by atoms with van der Waals surface area (Å²) in [7, 11) is 0. The first-order valence-electron chi connectivity index (χ1n) is 7.45. The fraction of sp³-hybridized carbons (Fsp3) is 0.562. The van der Waals surface area contributed by atoms with Crippen LogP contribution in [0.1, 0.15) is 39.0 Å². The molecule has 0 atom stereocenters.